The lowest BCUT2D eigenvalue weighted by Gasteiger charge is -2.58. The quantitative estimate of drug-likeness (QED) is 0.728. The van der Waals surface area contributed by atoms with E-state index in [1.165, 1.54) is 0 Å². The Morgan fingerprint density at radius 1 is 1.35 bits per heavy atom. The van der Waals surface area contributed by atoms with Crippen LogP contribution in [-0.2, 0) is 4.74 Å². The lowest BCUT2D eigenvalue weighted by molar-refractivity contribution is -0.129. The number of hydrogen-bond acceptors (Lipinski definition) is 6. The molecule has 0 amide bonds. The van der Waals surface area contributed by atoms with Crippen molar-refractivity contribution >= 4 is 22.8 Å². The van der Waals surface area contributed by atoms with E-state index in [0.717, 1.165) is 32.1 Å². The first-order chi connectivity index (χ1) is 12.6. The lowest BCUT2D eigenvalue weighted by atomic mass is 9.52. The average Bonchev–Trinajstić information content (AvgIpc) is 3.05. The van der Waals surface area contributed by atoms with E-state index in [0.29, 0.717) is 46.8 Å². The largest absolute Gasteiger partial charge is 0.462 e. The first-order valence-electron chi connectivity index (χ1n) is 9.54. The second kappa shape index (κ2) is 5.67. The number of hydrogen-bond donors (Lipinski definition) is 3. The van der Waals surface area contributed by atoms with Gasteiger partial charge in [-0.1, -0.05) is 0 Å². The van der Waals surface area contributed by atoms with Crippen LogP contribution in [0.3, 0.4) is 0 Å². The number of ether oxygens (including phenoxy) is 1. The van der Waals surface area contributed by atoms with Gasteiger partial charge in [0, 0.05) is 12.2 Å². The number of fused-ring (bicyclic) bond motifs is 1. The molecule has 5 atom stereocenters. The molecule has 7 heteroatoms. The molecule has 0 saturated heterocycles. The molecule has 0 aromatic carbocycles. The Morgan fingerprint density at radius 2 is 2.12 bits per heavy atom. The molecule has 7 nitrogen and oxygen atoms in total. The third-order valence-corrected chi connectivity index (χ3v) is 6.50. The highest BCUT2D eigenvalue weighted by molar-refractivity contribution is 6.02. The number of pyridine rings is 1. The third-order valence-electron chi connectivity index (χ3n) is 6.50. The van der Waals surface area contributed by atoms with Gasteiger partial charge in [-0.25, -0.2) is 14.8 Å². The van der Waals surface area contributed by atoms with Crippen LogP contribution in [0.4, 0.5) is 5.69 Å². The van der Waals surface area contributed by atoms with E-state index < -0.39 is 5.60 Å². The molecule has 138 valence electrons. The van der Waals surface area contributed by atoms with Crippen molar-refractivity contribution in [3.05, 3.63) is 18.1 Å². The lowest BCUT2D eigenvalue weighted by Crippen LogP contribution is -2.59. The van der Waals surface area contributed by atoms with Gasteiger partial charge in [0.25, 0.3) is 0 Å². The van der Waals surface area contributed by atoms with Gasteiger partial charge in [0.05, 0.1) is 24.2 Å². The smallest absolute Gasteiger partial charge is 0.341 e. The number of aromatic nitrogens is 3. The number of carbonyl (C=O) groups excluding carboxylic acids is 1. The molecule has 4 aliphatic carbocycles. The number of imidazole rings is 1. The number of carbonyl (C=O) groups is 1. The van der Waals surface area contributed by atoms with Gasteiger partial charge in [-0.05, 0) is 56.8 Å². The maximum absolute atomic E-state index is 12.4. The van der Waals surface area contributed by atoms with Gasteiger partial charge in [0.1, 0.15) is 11.1 Å². The van der Waals surface area contributed by atoms with E-state index in [1.807, 2.05) is 0 Å². The zero-order valence-corrected chi connectivity index (χ0v) is 14.9. The summed E-state index contributed by atoms with van der Waals surface area (Å²) in [5.74, 6) is 1.13. The summed E-state index contributed by atoms with van der Waals surface area (Å²) in [7, 11) is 0. The van der Waals surface area contributed by atoms with E-state index >= 15 is 0 Å². The van der Waals surface area contributed by atoms with Crippen LogP contribution in [0, 0.1) is 17.8 Å². The number of aliphatic hydroxyl groups is 1. The van der Waals surface area contributed by atoms with Crippen molar-refractivity contribution in [2.45, 2.75) is 50.7 Å². The predicted molar refractivity (Wildman–Crippen MR) is 95.8 cm³/mol. The Bertz CT molecular complexity index is 848. The molecular weight excluding hydrogens is 332 g/mol. The van der Waals surface area contributed by atoms with Gasteiger partial charge < -0.3 is 20.1 Å². The fourth-order valence-corrected chi connectivity index (χ4v) is 5.78. The summed E-state index contributed by atoms with van der Waals surface area (Å²) < 4.78 is 5.22. The molecule has 1 unspecified atom stereocenters. The van der Waals surface area contributed by atoms with Crippen molar-refractivity contribution in [2.24, 2.45) is 17.8 Å². The van der Waals surface area contributed by atoms with Crippen molar-refractivity contribution in [3.8, 4) is 0 Å². The highest BCUT2D eigenvalue weighted by Gasteiger charge is 2.54. The van der Waals surface area contributed by atoms with E-state index in [9.17, 15) is 9.90 Å². The van der Waals surface area contributed by atoms with E-state index in [2.05, 4.69) is 20.3 Å². The number of H-pyrrole nitrogens is 1. The van der Waals surface area contributed by atoms with Crippen molar-refractivity contribution in [1.29, 1.82) is 0 Å². The van der Waals surface area contributed by atoms with Crippen LogP contribution < -0.4 is 5.32 Å². The van der Waals surface area contributed by atoms with Gasteiger partial charge in [-0.3, -0.25) is 0 Å². The zero-order valence-electron chi connectivity index (χ0n) is 14.9. The highest BCUT2D eigenvalue weighted by Crippen LogP contribution is 2.56. The number of nitrogens with one attached hydrogen (secondary N) is 2. The summed E-state index contributed by atoms with van der Waals surface area (Å²) in [6, 6.07) is 0.252. The molecule has 2 aromatic rings. The molecule has 2 heterocycles. The Morgan fingerprint density at radius 3 is 2.81 bits per heavy atom. The van der Waals surface area contributed by atoms with Crippen molar-refractivity contribution in [2.75, 3.05) is 11.9 Å². The molecule has 3 N–H and O–H groups in total. The number of anilines is 1. The summed E-state index contributed by atoms with van der Waals surface area (Å²) in [4.78, 5) is 24.1. The van der Waals surface area contributed by atoms with Gasteiger partial charge in [-0.15, -0.1) is 0 Å². The van der Waals surface area contributed by atoms with Crippen LogP contribution in [0.2, 0.25) is 0 Å². The van der Waals surface area contributed by atoms with Crippen LogP contribution in [0.5, 0.6) is 0 Å². The monoisotopic (exact) mass is 356 g/mol. The molecule has 26 heavy (non-hydrogen) atoms. The van der Waals surface area contributed by atoms with Crippen LogP contribution in [-0.4, -0.2) is 44.3 Å². The highest BCUT2D eigenvalue weighted by atomic mass is 16.5. The molecule has 4 saturated carbocycles. The fraction of sp³-hybridized carbons (Fsp3) is 0.632. The first kappa shape index (κ1) is 16.1. The summed E-state index contributed by atoms with van der Waals surface area (Å²) in [5, 5.41) is 14.5. The van der Waals surface area contributed by atoms with Crippen molar-refractivity contribution in [3.63, 3.8) is 0 Å². The number of rotatable bonds is 4. The topological polar surface area (TPSA) is 100 Å². The Balaban J connectivity index is 1.52. The first-order valence-corrected chi connectivity index (χ1v) is 9.54. The Kier molecular flexibility index (Phi) is 3.50. The van der Waals surface area contributed by atoms with Crippen LogP contribution in [0.1, 0.15) is 49.4 Å². The summed E-state index contributed by atoms with van der Waals surface area (Å²) in [6.45, 7) is 2.12. The number of esters is 1. The Hall–Kier alpha value is -2.15. The van der Waals surface area contributed by atoms with Crippen molar-refractivity contribution in [1.82, 2.24) is 15.0 Å². The maximum Gasteiger partial charge on any atom is 0.341 e. The Labute approximate surface area is 151 Å². The van der Waals surface area contributed by atoms with E-state index in [-0.39, 0.29) is 12.0 Å². The maximum atomic E-state index is 12.4. The SMILES string of the molecule is CCOC(=O)c1cnc2[nH]cnc2c1N[C@H]1[C@@H]2CC3C[C@H]1C[C@@](O)(C3)C2. The number of nitrogens with zero attached hydrogens (tertiary/aromatic N) is 2. The minimum absolute atomic E-state index is 0.252. The standard InChI is InChI=1S/C19H24N4O3/c1-2-26-18(24)13-8-20-17-16(21-9-22-17)15(13)23-14-11-3-10-4-12(14)7-19(25,5-10)6-11/h8-12,14,25H,2-7H2,1H3,(H2,20,21,22,23)/t10?,11-,12+,14+,19-. The van der Waals surface area contributed by atoms with E-state index in [1.54, 1.807) is 19.4 Å². The molecule has 4 bridgehead atoms. The molecule has 0 aliphatic heterocycles. The van der Waals surface area contributed by atoms with Crippen LogP contribution >= 0.6 is 0 Å². The molecule has 4 fully saturated rings. The number of aromatic amines is 1. The van der Waals surface area contributed by atoms with Crippen LogP contribution in [0.25, 0.3) is 11.2 Å². The van der Waals surface area contributed by atoms with Gasteiger partial charge >= 0.3 is 5.97 Å². The average molecular weight is 356 g/mol. The summed E-state index contributed by atoms with van der Waals surface area (Å²) in [6.07, 6.45) is 8.11. The molecule has 0 spiro atoms. The molecule has 0 radical (unpaired) electrons. The molecular formula is C19H24N4O3. The van der Waals surface area contributed by atoms with E-state index in [4.69, 9.17) is 4.74 Å². The minimum Gasteiger partial charge on any atom is -0.462 e. The second-order valence-electron chi connectivity index (χ2n) is 8.23. The molecule has 6 rings (SSSR count). The second-order valence-corrected chi connectivity index (χ2v) is 8.23. The molecule has 2 aromatic heterocycles. The van der Waals surface area contributed by atoms with Crippen LogP contribution in [0.15, 0.2) is 12.5 Å². The van der Waals surface area contributed by atoms with Crippen molar-refractivity contribution < 1.29 is 14.6 Å². The van der Waals surface area contributed by atoms with Gasteiger partial charge in [-0.2, -0.15) is 0 Å². The normalized spacial score (nSPS) is 35.0. The minimum atomic E-state index is -0.474. The third kappa shape index (κ3) is 2.40. The van der Waals surface area contributed by atoms with Gasteiger partial charge in [0.2, 0.25) is 0 Å². The summed E-state index contributed by atoms with van der Waals surface area (Å²) >= 11 is 0. The predicted octanol–water partition coefficient (Wildman–Crippen LogP) is 2.49. The zero-order chi connectivity index (χ0) is 17.9. The fourth-order valence-electron chi connectivity index (χ4n) is 5.78. The summed E-state index contributed by atoms with van der Waals surface area (Å²) in [5.41, 5.74) is 1.99. The molecule has 4 aliphatic rings. The van der Waals surface area contributed by atoms with Gasteiger partial charge in [0.15, 0.2) is 5.65 Å².